The Labute approximate surface area is 181 Å². The van der Waals surface area contributed by atoms with Crippen LogP contribution in [0.2, 0.25) is 0 Å². The number of hydrogen-bond acceptors (Lipinski definition) is 6. The van der Waals surface area contributed by atoms with E-state index < -0.39 is 23.0 Å². The van der Waals surface area contributed by atoms with Crippen LogP contribution in [-0.2, 0) is 13.6 Å². The zero-order chi connectivity index (χ0) is 22.8. The largest absolute Gasteiger partial charge is 0.348 e. The molecule has 1 amide bonds. The van der Waals surface area contributed by atoms with E-state index in [1.54, 1.807) is 25.3 Å². The maximum atomic E-state index is 13.2. The van der Waals surface area contributed by atoms with Crippen molar-refractivity contribution in [1.82, 2.24) is 25.0 Å². The molecule has 0 unspecified atom stereocenters. The van der Waals surface area contributed by atoms with E-state index in [4.69, 9.17) is 0 Å². The molecular formula is C22H20FN5O4. The van der Waals surface area contributed by atoms with Gasteiger partial charge in [0.15, 0.2) is 0 Å². The van der Waals surface area contributed by atoms with Crippen LogP contribution in [0.5, 0.6) is 0 Å². The van der Waals surface area contributed by atoms with Gasteiger partial charge in [-0.15, -0.1) is 0 Å². The number of nitrogens with zero attached hydrogens (tertiary/aromatic N) is 3. The number of aryl methyl sites for hydroxylation is 1. The zero-order valence-corrected chi connectivity index (χ0v) is 17.1. The fourth-order valence-electron chi connectivity index (χ4n) is 3.37. The number of benzene rings is 2. The topological polar surface area (TPSA) is 109 Å². The van der Waals surface area contributed by atoms with Gasteiger partial charge in [0.25, 0.3) is 11.5 Å². The quantitative estimate of drug-likeness (QED) is 0.554. The van der Waals surface area contributed by atoms with Gasteiger partial charge in [-0.05, 0) is 47.5 Å². The average Bonchev–Trinajstić information content (AvgIpc) is 2.80. The Bertz CT molecular complexity index is 1370. The minimum Gasteiger partial charge on any atom is -0.348 e. The number of carbonyl (C=O) groups excluding carboxylic acids is 1. The molecule has 164 valence electrons. The van der Waals surface area contributed by atoms with Gasteiger partial charge in [0.05, 0.1) is 23.6 Å². The van der Waals surface area contributed by atoms with Crippen molar-refractivity contribution in [2.45, 2.75) is 6.54 Å². The summed E-state index contributed by atoms with van der Waals surface area (Å²) in [5.41, 5.74) is 3.51. The summed E-state index contributed by atoms with van der Waals surface area (Å²) >= 11 is 0. The summed E-state index contributed by atoms with van der Waals surface area (Å²) in [6, 6.07) is 10.1. The van der Waals surface area contributed by atoms with Gasteiger partial charge in [-0.3, -0.25) is 29.4 Å². The Morgan fingerprint density at radius 2 is 1.91 bits per heavy atom. The number of hydroxylamine groups is 1. The van der Waals surface area contributed by atoms with Crippen LogP contribution in [0.1, 0.15) is 15.9 Å². The molecule has 1 aliphatic heterocycles. The van der Waals surface area contributed by atoms with Crippen molar-refractivity contribution in [3.05, 3.63) is 104 Å². The van der Waals surface area contributed by atoms with Crippen LogP contribution in [0.3, 0.4) is 0 Å². The highest BCUT2D eigenvalue weighted by Crippen LogP contribution is 2.12. The summed E-state index contributed by atoms with van der Waals surface area (Å²) < 4.78 is 15.6. The smallest absolute Gasteiger partial charge is 0.331 e. The molecule has 0 bridgehead atoms. The molecule has 32 heavy (non-hydrogen) atoms. The van der Waals surface area contributed by atoms with Gasteiger partial charge in [0.2, 0.25) is 0 Å². The third-order valence-electron chi connectivity index (χ3n) is 5.13. The predicted molar refractivity (Wildman–Crippen MR) is 115 cm³/mol. The van der Waals surface area contributed by atoms with Crippen molar-refractivity contribution >= 4 is 16.8 Å². The van der Waals surface area contributed by atoms with E-state index in [-0.39, 0.29) is 24.0 Å². The maximum absolute atomic E-state index is 13.2. The Hall–Kier alpha value is -4.18. The van der Waals surface area contributed by atoms with Crippen LogP contribution in [0.25, 0.3) is 10.9 Å². The van der Waals surface area contributed by atoms with Crippen molar-refractivity contribution < 1.29 is 14.4 Å². The second kappa shape index (κ2) is 8.52. The molecule has 0 saturated heterocycles. The molecule has 0 fully saturated rings. The Morgan fingerprint density at radius 1 is 1.16 bits per heavy atom. The number of hydrazine groups is 1. The third-order valence-corrected chi connectivity index (χ3v) is 5.13. The van der Waals surface area contributed by atoms with E-state index in [1.165, 1.54) is 47.3 Å². The molecule has 0 atom stereocenters. The molecule has 0 saturated carbocycles. The van der Waals surface area contributed by atoms with Crippen LogP contribution < -0.4 is 22.0 Å². The van der Waals surface area contributed by atoms with Gasteiger partial charge in [-0.1, -0.05) is 12.1 Å². The van der Waals surface area contributed by atoms with Crippen molar-refractivity contribution in [2.75, 3.05) is 6.54 Å². The van der Waals surface area contributed by atoms with E-state index >= 15 is 0 Å². The Balaban J connectivity index is 1.64. The number of nitrogens with one attached hydrogen (secondary N) is 2. The van der Waals surface area contributed by atoms with E-state index in [1.807, 2.05) is 0 Å². The molecule has 10 heteroatoms. The lowest BCUT2D eigenvalue weighted by Crippen LogP contribution is -2.39. The van der Waals surface area contributed by atoms with Gasteiger partial charge in [0, 0.05) is 25.4 Å². The monoisotopic (exact) mass is 437 g/mol. The average molecular weight is 437 g/mol. The van der Waals surface area contributed by atoms with E-state index in [2.05, 4.69) is 10.7 Å². The first kappa shape index (κ1) is 21.1. The van der Waals surface area contributed by atoms with Crippen molar-refractivity contribution in [2.24, 2.45) is 7.05 Å². The number of aromatic nitrogens is 2. The number of fused-ring (bicyclic) bond motifs is 1. The van der Waals surface area contributed by atoms with Crippen LogP contribution >= 0.6 is 0 Å². The van der Waals surface area contributed by atoms with Gasteiger partial charge in [-0.25, -0.2) is 9.18 Å². The van der Waals surface area contributed by atoms with E-state index in [0.717, 1.165) is 15.3 Å². The van der Waals surface area contributed by atoms with Crippen molar-refractivity contribution in [1.29, 1.82) is 0 Å². The van der Waals surface area contributed by atoms with Gasteiger partial charge >= 0.3 is 5.69 Å². The molecule has 0 aliphatic carbocycles. The SMILES string of the molecule is Cn1c(=O)n(Cc2ccc(F)cc2)c(=O)c2cc(C(=O)NCC3=CNN(O)C=C3)ccc21. The number of halogens is 1. The van der Waals surface area contributed by atoms with Gasteiger partial charge < -0.3 is 5.32 Å². The highest BCUT2D eigenvalue weighted by molar-refractivity contribution is 5.98. The van der Waals surface area contributed by atoms with Crippen LogP contribution in [0.4, 0.5) is 4.39 Å². The lowest BCUT2D eigenvalue weighted by Gasteiger charge is -2.17. The number of carbonyl (C=O) groups is 1. The number of hydrogen-bond donors (Lipinski definition) is 3. The van der Waals surface area contributed by atoms with E-state index in [0.29, 0.717) is 11.1 Å². The minimum atomic E-state index is -0.535. The number of amides is 1. The van der Waals surface area contributed by atoms with Gasteiger partial charge in [-0.2, -0.15) is 5.17 Å². The second-order valence-corrected chi connectivity index (χ2v) is 7.28. The summed E-state index contributed by atoms with van der Waals surface area (Å²) in [7, 11) is 1.55. The first-order valence-electron chi connectivity index (χ1n) is 9.71. The maximum Gasteiger partial charge on any atom is 0.331 e. The molecule has 0 spiro atoms. The molecule has 3 N–H and O–H groups in total. The number of rotatable bonds is 5. The zero-order valence-electron chi connectivity index (χ0n) is 17.1. The normalized spacial score (nSPS) is 13.1. The van der Waals surface area contributed by atoms with Crippen molar-refractivity contribution in [3.8, 4) is 0 Å². The molecule has 2 heterocycles. The highest BCUT2D eigenvalue weighted by Gasteiger charge is 2.15. The Kier molecular flexibility index (Phi) is 5.61. The summed E-state index contributed by atoms with van der Waals surface area (Å²) in [5, 5.41) is 12.9. The molecule has 4 rings (SSSR count). The lowest BCUT2D eigenvalue weighted by atomic mass is 10.1. The fraction of sp³-hybridized carbons (Fsp3) is 0.136. The molecule has 9 nitrogen and oxygen atoms in total. The second-order valence-electron chi connectivity index (χ2n) is 7.28. The highest BCUT2D eigenvalue weighted by atomic mass is 19.1. The summed E-state index contributed by atoms with van der Waals surface area (Å²) in [6.45, 7) is 0.184. The summed E-state index contributed by atoms with van der Waals surface area (Å²) in [4.78, 5) is 38.4. The van der Waals surface area contributed by atoms with Crippen molar-refractivity contribution in [3.63, 3.8) is 0 Å². The molecule has 2 aromatic carbocycles. The molecular weight excluding hydrogens is 417 g/mol. The summed E-state index contributed by atoms with van der Waals surface area (Å²) in [5.74, 6) is -0.807. The van der Waals surface area contributed by atoms with E-state index in [9.17, 15) is 24.0 Å². The van der Waals surface area contributed by atoms with Gasteiger partial charge in [0.1, 0.15) is 5.82 Å². The molecule has 1 aliphatic rings. The lowest BCUT2D eigenvalue weighted by molar-refractivity contribution is -0.0763. The molecule has 1 aromatic heterocycles. The Morgan fingerprint density at radius 3 is 2.59 bits per heavy atom. The third kappa shape index (κ3) is 4.16. The minimum absolute atomic E-state index is 0.0203. The standard InChI is InChI=1S/C22H20FN5O4/c1-26-19-7-4-16(20(29)24-11-15-8-9-28(32)25-12-15)10-18(19)21(30)27(22(26)31)13-14-2-5-17(23)6-3-14/h2-10,12,25,32H,11,13H2,1H3,(H,24,29). The molecule has 3 aromatic rings. The van der Waals surface area contributed by atoms with Crippen LogP contribution in [-0.4, -0.2) is 32.0 Å². The first-order valence-corrected chi connectivity index (χ1v) is 9.71. The first-order chi connectivity index (χ1) is 15.3. The van der Waals surface area contributed by atoms with Crippen LogP contribution in [0, 0.1) is 5.82 Å². The van der Waals surface area contributed by atoms with Crippen LogP contribution in [0.15, 0.2) is 76.1 Å². The molecule has 0 radical (unpaired) electrons. The fourth-order valence-corrected chi connectivity index (χ4v) is 3.37. The summed E-state index contributed by atoms with van der Waals surface area (Å²) in [6.07, 6.45) is 4.55. The predicted octanol–water partition coefficient (Wildman–Crippen LogP) is 1.22.